The minimum Gasteiger partial charge on any atom is -0.356 e. The fourth-order valence-electron chi connectivity index (χ4n) is 4.39. The van der Waals surface area contributed by atoms with Crippen LogP contribution >= 0.6 is 0 Å². The number of hydrogen-bond acceptors (Lipinski definition) is 2. The van der Waals surface area contributed by atoms with E-state index in [4.69, 9.17) is 0 Å². The van der Waals surface area contributed by atoms with Crippen LogP contribution in [-0.4, -0.2) is 49.6 Å². The third-order valence-corrected chi connectivity index (χ3v) is 6.04. The van der Waals surface area contributed by atoms with E-state index in [0.717, 1.165) is 37.4 Å². The zero-order valence-corrected chi connectivity index (χ0v) is 16.1. The second-order valence-electron chi connectivity index (χ2n) is 7.64. The van der Waals surface area contributed by atoms with Crippen LogP contribution in [0.15, 0.2) is 29.3 Å². The number of aliphatic imine (C=N–C) groups is 1. The van der Waals surface area contributed by atoms with Gasteiger partial charge in [-0.25, -0.2) is 0 Å². The molecule has 3 rings (SSSR count). The van der Waals surface area contributed by atoms with E-state index in [9.17, 15) is 0 Å². The lowest BCUT2D eigenvalue weighted by Crippen LogP contribution is -2.56. The number of hydrogen-bond donors (Lipinski definition) is 2. The maximum absolute atomic E-state index is 4.43. The maximum atomic E-state index is 4.43. The van der Waals surface area contributed by atoms with E-state index in [1.165, 1.54) is 43.2 Å². The van der Waals surface area contributed by atoms with Gasteiger partial charge in [-0.05, 0) is 56.7 Å². The predicted molar refractivity (Wildman–Crippen MR) is 106 cm³/mol. The van der Waals surface area contributed by atoms with Crippen molar-refractivity contribution in [2.45, 2.75) is 70.0 Å². The van der Waals surface area contributed by atoms with Gasteiger partial charge in [0.05, 0.1) is 0 Å². The molecule has 2 atom stereocenters. The zero-order valence-electron chi connectivity index (χ0n) is 16.1. The van der Waals surface area contributed by atoms with Crippen LogP contribution in [0.1, 0.15) is 50.2 Å². The molecule has 0 radical (unpaired) electrons. The normalized spacial score (nSPS) is 27.2. The summed E-state index contributed by atoms with van der Waals surface area (Å²) in [6.45, 7) is 3.12. The number of fused-ring (bicyclic) bond motifs is 2. The van der Waals surface area contributed by atoms with Gasteiger partial charge in [-0.15, -0.1) is 0 Å². The molecule has 25 heavy (non-hydrogen) atoms. The molecule has 2 aliphatic rings. The Morgan fingerprint density at radius 2 is 1.76 bits per heavy atom. The number of benzene rings is 1. The molecule has 1 aromatic rings. The highest BCUT2D eigenvalue weighted by Crippen LogP contribution is 2.32. The molecule has 2 heterocycles. The Bertz CT molecular complexity index is 552. The minimum absolute atomic E-state index is 0.557. The summed E-state index contributed by atoms with van der Waals surface area (Å²) in [4.78, 5) is 7.04. The van der Waals surface area contributed by atoms with Gasteiger partial charge in [-0.1, -0.05) is 37.6 Å². The average molecular weight is 343 g/mol. The van der Waals surface area contributed by atoms with E-state index >= 15 is 0 Å². The second kappa shape index (κ2) is 8.70. The van der Waals surface area contributed by atoms with Crippen LogP contribution in [0.4, 0.5) is 0 Å². The van der Waals surface area contributed by atoms with Crippen molar-refractivity contribution in [1.29, 1.82) is 0 Å². The van der Waals surface area contributed by atoms with Crippen molar-refractivity contribution in [3.05, 3.63) is 35.4 Å². The summed E-state index contributed by atoms with van der Waals surface area (Å²) in [5.41, 5.74) is 2.79. The van der Waals surface area contributed by atoms with Crippen LogP contribution in [0.3, 0.4) is 0 Å². The first-order valence-corrected chi connectivity index (χ1v) is 9.96. The highest BCUT2D eigenvalue weighted by atomic mass is 15.2. The molecule has 4 heteroatoms. The van der Waals surface area contributed by atoms with E-state index < -0.39 is 0 Å². The number of nitrogens with zero attached hydrogens (tertiary/aromatic N) is 2. The SMILES string of the molecule is CCc1ccc(CCNC(=NC)NC2CC3CCCC(C2)N3C)cc1. The highest BCUT2D eigenvalue weighted by molar-refractivity contribution is 5.80. The second-order valence-corrected chi connectivity index (χ2v) is 7.64. The molecular formula is C21H34N4. The molecule has 0 amide bonds. The molecule has 2 fully saturated rings. The Kier molecular flexibility index (Phi) is 6.35. The monoisotopic (exact) mass is 342 g/mol. The van der Waals surface area contributed by atoms with Crippen molar-refractivity contribution in [3.63, 3.8) is 0 Å². The number of guanidine groups is 1. The molecule has 0 saturated carbocycles. The van der Waals surface area contributed by atoms with Crippen molar-refractivity contribution in [2.24, 2.45) is 4.99 Å². The number of piperidine rings is 2. The zero-order chi connectivity index (χ0) is 17.6. The smallest absolute Gasteiger partial charge is 0.191 e. The number of rotatable bonds is 5. The average Bonchev–Trinajstić information content (AvgIpc) is 2.62. The van der Waals surface area contributed by atoms with Crippen LogP contribution in [0.25, 0.3) is 0 Å². The van der Waals surface area contributed by atoms with Crippen molar-refractivity contribution in [2.75, 3.05) is 20.6 Å². The van der Waals surface area contributed by atoms with Crippen LogP contribution < -0.4 is 10.6 Å². The Labute approximate surface area is 153 Å². The Balaban J connectivity index is 1.45. The largest absolute Gasteiger partial charge is 0.356 e. The van der Waals surface area contributed by atoms with Gasteiger partial charge < -0.3 is 15.5 Å². The topological polar surface area (TPSA) is 39.7 Å². The van der Waals surface area contributed by atoms with Gasteiger partial charge in [0.2, 0.25) is 0 Å². The lowest BCUT2D eigenvalue weighted by molar-refractivity contribution is 0.0526. The van der Waals surface area contributed by atoms with E-state index in [0.29, 0.717) is 6.04 Å². The first-order chi connectivity index (χ1) is 12.2. The highest BCUT2D eigenvalue weighted by Gasteiger charge is 2.36. The molecule has 4 nitrogen and oxygen atoms in total. The Morgan fingerprint density at radius 3 is 2.36 bits per heavy atom. The van der Waals surface area contributed by atoms with Crippen molar-refractivity contribution >= 4 is 5.96 Å². The molecule has 138 valence electrons. The van der Waals surface area contributed by atoms with E-state index in [1.54, 1.807) is 0 Å². The number of nitrogens with one attached hydrogen (secondary N) is 2. The molecule has 0 aliphatic carbocycles. The standard InChI is InChI=1S/C21H34N4/c1-4-16-8-10-17(11-9-16)12-13-23-21(22-2)24-18-14-19-6-5-7-20(15-18)25(19)3/h8-11,18-20H,4-7,12-15H2,1-3H3,(H2,22,23,24). The van der Waals surface area contributed by atoms with Gasteiger partial charge in [0.15, 0.2) is 5.96 Å². The first kappa shape index (κ1) is 18.2. The molecule has 2 bridgehead atoms. The molecule has 2 aliphatic heterocycles. The third kappa shape index (κ3) is 4.75. The Hall–Kier alpha value is -1.55. The minimum atomic E-state index is 0.557. The van der Waals surface area contributed by atoms with Gasteiger partial charge >= 0.3 is 0 Å². The van der Waals surface area contributed by atoms with Crippen molar-refractivity contribution in [1.82, 2.24) is 15.5 Å². The van der Waals surface area contributed by atoms with Gasteiger partial charge in [0.1, 0.15) is 0 Å². The summed E-state index contributed by atoms with van der Waals surface area (Å²) in [5, 5.41) is 7.17. The lowest BCUT2D eigenvalue weighted by Gasteiger charge is -2.47. The lowest BCUT2D eigenvalue weighted by atomic mass is 9.82. The predicted octanol–water partition coefficient (Wildman–Crippen LogP) is 2.97. The third-order valence-electron chi connectivity index (χ3n) is 6.04. The Morgan fingerprint density at radius 1 is 1.12 bits per heavy atom. The summed E-state index contributed by atoms with van der Waals surface area (Å²) < 4.78 is 0. The van der Waals surface area contributed by atoms with Gasteiger partial charge in [0.25, 0.3) is 0 Å². The van der Waals surface area contributed by atoms with E-state index in [2.05, 4.69) is 58.8 Å². The van der Waals surface area contributed by atoms with Crippen molar-refractivity contribution < 1.29 is 0 Å². The van der Waals surface area contributed by atoms with Gasteiger partial charge in [-0.2, -0.15) is 0 Å². The molecular weight excluding hydrogens is 308 g/mol. The van der Waals surface area contributed by atoms with Crippen LogP contribution in [0, 0.1) is 0 Å². The van der Waals surface area contributed by atoms with Gasteiger partial charge in [0, 0.05) is 31.7 Å². The van der Waals surface area contributed by atoms with Crippen LogP contribution in [0.5, 0.6) is 0 Å². The van der Waals surface area contributed by atoms with E-state index in [-0.39, 0.29) is 0 Å². The first-order valence-electron chi connectivity index (χ1n) is 9.96. The number of aryl methyl sites for hydroxylation is 1. The summed E-state index contributed by atoms with van der Waals surface area (Å²) in [6, 6.07) is 11.0. The summed E-state index contributed by atoms with van der Waals surface area (Å²) in [6.07, 6.45) is 8.72. The summed E-state index contributed by atoms with van der Waals surface area (Å²) >= 11 is 0. The summed E-state index contributed by atoms with van der Waals surface area (Å²) in [5.74, 6) is 0.956. The fraction of sp³-hybridized carbons (Fsp3) is 0.667. The fourth-order valence-corrected chi connectivity index (χ4v) is 4.39. The van der Waals surface area contributed by atoms with Gasteiger partial charge in [-0.3, -0.25) is 4.99 Å². The van der Waals surface area contributed by atoms with E-state index in [1.807, 2.05) is 7.05 Å². The molecule has 0 spiro atoms. The molecule has 2 unspecified atom stereocenters. The quantitative estimate of drug-likeness (QED) is 0.638. The van der Waals surface area contributed by atoms with Crippen LogP contribution in [-0.2, 0) is 12.8 Å². The molecule has 1 aromatic carbocycles. The summed E-state index contributed by atoms with van der Waals surface area (Å²) in [7, 11) is 4.18. The maximum Gasteiger partial charge on any atom is 0.191 e. The van der Waals surface area contributed by atoms with Crippen LogP contribution in [0.2, 0.25) is 0 Å². The molecule has 0 aromatic heterocycles. The molecule has 2 saturated heterocycles. The van der Waals surface area contributed by atoms with Crippen molar-refractivity contribution in [3.8, 4) is 0 Å². The molecule has 2 N–H and O–H groups in total.